The molecule has 1 aromatic heterocycles. The van der Waals surface area contributed by atoms with Crippen molar-refractivity contribution in [1.82, 2.24) is 9.47 Å². The number of hydrogen-bond acceptors (Lipinski definition) is 3. The zero-order valence-electron chi connectivity index (χ0n) is 14.5. The van der Waals surface area contributed by atoms with Crippen molar-refractivity contribution in [2.24, 2.45) is 0 Å². The van der Waals surface area contributed by atoms with Gasteiger partial charge in [-0.3, -0.25) is 19.0 Å². The third kappa shape index (κ3) is 3.94. The molecule has 1 N–H and O–H groups in total. The van der Waals surface area contributed by atoms with Crippen LogP contribution >= 0.6 is 15.9 Å². The van der Waals surface area contributed by atoms with Gasteiger partial charge in [0.25, 0.3) is 11.5 Å². The van der Waals surface area contributed by atoms with Gasteiger partial charge >= 0.3 is 0 Å². The van der Waals surface area contributed by atoms with Gasteiger partial charge in [0, 0.05) is 22.3 Å². The molecule has 1 amide bonds. The van der Waals surface area contributed by atoms with Gasteiger partial charge in [0.05, 0.1) is 33.2 Å². The number of hydrogen-bond donors (Lipinski definition) is 1. The number of rotatable bonds is 4. The Kier molecular flexibility index (Phi) is 5.68. The number of nitrogens with zero attached hydrogens (tertiary/aromatic N) is 2. The molecule has 26 heavy (non-hydrogen) atoms. The molecule has 0 aliphatic carbocycles. The predicted molar refractivity (Wildman–Crippen MR) is 101 cm³/mol. The Morgan fingerprint density at radius 3 is 2.50 bits per heavy atom. The highest BCUT2D eigenvalue weighted by atomic mass is 79.9. The van der Waals surface area contributed by atoms with E-state index >= 15 is 0 Å². The number of carbonyl (C=O) groups excluding carboxylic acids is 2. The summed E-state index contributed by atoms with van der Waals surface area (Å²) in [6.07, 6.45) is 1.50. The van der Waals surface area contributed by atoms with Gasteiger partial charge in [-0.15, -0.1) is 0 Å². The molecule has 0 unspecified atom stereocenters. The Bertz CT molecular complexity index is 872. The molecule has 0 bridgehead atoms. The number of carbonyl (C=O) groups is 2. The fourth-order valence-electron chi connectivity index (χ4n) is 3.09. The van der Waals surface area contributed by atoms with Crippen LogP contribution in [0.3, 0.4) is 0 Å². The molecule has 1 aliphatic rings. The number of amides is 1. The standard InChI is InChI=1S/C19H20BrN3O3/c1-21-9-11-22(12-10-21)19(26)17(23-8-3-2-7-16(23)24)18(25)14-5-4-6-15(20)13-14/h2-8,13,17H,9-12H2,1H3/p+1/t17-/m0/s1. The van der Waals surface area contributed by atoms with Crippen molar-refractivity contribution in [2.45, 2.75) is 6.04 Å². The highest BCUT2D eigenvalue weighted by Crippen LogP contribution is 2.19. The van der Waals surface area contributed by atoms with Crippen LogP contribution in [0.15, 0.2) is 57.9 Å². The number of benzene rings is 1. The Labute approximate surface area is 160 Å². The van der Waals surface area contributed by atoms with Crippen LogP contribution in [0.25, 0.3) is 0 Å². The van der Waals surface area contributed by atoms with Gasteiger partial charge in [-0.2, -0.15) is 0 Å². The van der Waals surface area contributed by atoms with E-state index in [-0.39, 0.29) is 17.2 Å². The molecule has 0 radical (unpaired) electrons. The number of piperazine rings is 1. The normalized spacial score (nSPS) is 16.3. The SMILES string of the molecule is C[NH+]1CCN(C(=O)[C@H](C(=O)c2cccc(Br)c2)n2ccccc2=O)CC1. The van der Waals surface area contributed by atoms with Gasteiger partial charge in [0.15, 0.2) is 11.8 Å². The quantitative estimate of drug-likeness (QED) is 0.576. The first kappa shape index (κ1) is 18.5. The van der Waals surface area contributed by atoms with Crippen molar-refractivity contribution in [1.29, 1.82) is 0 Å². The number of nitrogens with one attached hydrogen (secondary N) is 1. The smallest absolute Gasteiger partial charge is 0.254 e. The van der Waals surface area contributed by atoms with Crippen molar-refractivity contribution >= 4 is 27.6 Å². The van der Waals surface area contributed by atoms with Gasteiger partial charge in [0.1, 0.15) is 0 Å². The molecule has 7 heteroatoms. The fourth-order valence-corrected chi connectivity index (χ4v) is 3.49. The van der Waals surface area contributed by atoms with E-state index in [4.69, 9.17) is 0 Å². The second-order valence-corrected chi connectivity index (χ2v) is 7.42. The minimum absolute atomic E-state index is 0.323. The fraction of sp³-hybridized carbons (Fsp3) is 0.316. The Morgan fingerprint density at radius 2 is 1.85 bits per heavy atom. The van der Waals surface area contributed by atoms with Crippen LogP contribution in [-0.4, -0.2) is 54.4 Å². The molecule has 136 valence electrons. The Hall–Kier alpha value is -2.25. The van der Waals surface area contributed by atoms with E-state index in [1.807, 2.05) is 6.07 Å². The van der Waals surface area contributed by atoms with Crippen molar-refractivity contribution in [3.63, 3.8) is 0 Å². The van der Waals surface area contributed by atoms with Crippen LogP contribution in [0.2, 0.25) is 0 Å². The number of likely N-dealkylation sites (N-methyl/N-ethyl adjacent to an activating group) is 1. The summed E-state index contributed by atoms with van der Waals surface area (Å²) in [5, 5.41) is 0. The van der Waals surface area contributed by atoms with Crippen molar-refractivity contribution in [3.05, 3.63) is 69.1 Å². The van der Waals surface area contributed by atoms with Crippen LogP contribution in [0.4, 0.5) is 0 Å². The van der Waals surface area contributed by atoms with E-state index < -0.39 is 6.04 Å². The summed E-state index contributed by atoms with van der Waals surface area (Å²) >= 11 is 3.35. The number of Topliss-reactive ketones (excluding diaryl/α,β-unsaturated/α-hetero) is 1. The highest BCUT2D eigenvalue weighted by molar-refractivity contribution is 9.10. The molecule has 2 aromatic rings. The molecule has 0 saturated carbocycles. The number of aromatic nitrogens is 1. The monoisotopic (exact) mass is 418 g/mol. The number of quaternary nitrogens is 1. The molecule has 1 aromatic carbocycles. The van der Waals surface area contributed by atoms with E-state index in [0.29, 0.717) is 18.7 Å². The Balaban J connectivity index is 1.99. The van der Waals surface area contributed by atoms with Gasteiger partial charge in [-0.1, -0.05) is 34.1 Å². The van der Waals surface area contributed by atoms with Crippen LogP contribution in [-0.2, 0) is 4.79 Å². The summed E-state index contributed by atoms with van der Waals surface area (Å²) in [6, 6.07) is 10.3. The minimum Gasteiger partial charge on any atom is -0.334 e. The number of pyridine rings is 1. The van der Waals surface area contributed by atoms with Crippen LogP contribution in [0.5, 0.6) is 0 Å². The predicted octanol–water partition coefficient (Wildman–Crippen LogP) is 0.392. The van der Waals surface area contributed by atoms with Crippen molar-refractivity contribution in [3.8, 4) is 0 Å². The summed E-state index contributed by atoms with van der Waals surface area (Å²) in [5.41, 5.74) is 0.0298. The summed E-state index contributed by atoms with van der Waals surface area (Å²) in [6.45, 7) is 2.81. The van der Waals surface area contributed by atoms with E-state index in [2.05, 4.69) is 23.0 Å². The highest BCUT2D eigenvalue weighted by Gasteiger charge is 2.35. The molecule has 0 spiro atoms. The number of ketones is 1. The molecule has 1 aliphatic heterocycles. The summed E-state index contributed by atoms with van der Waals surface area (Å²) in [7, 11) is 2.08. The van der Waals surface area contributed by atoms with E-state index in [1.54, 1.807) is 35.2 Å². The first-order valence-electron chi connectivity index (χ1n) is 8.54. The van der Waals surface area contributed by atoms with E-state index in [9.17, 15) is 14.4 Å². The average molecular weight is 419 g/mol. The van der Waals surface area contributed by atoms with Crippen molar-refractivity contribution in [2.75, 3.05) is 33.2 Å². The lowest BCUT2D eigenvalue weighted by atomic mass is 10.0. The lowest BCUT2D eigenvalue weighted by molar-refractivity contribution is -0.883. The lowest BCUT2D eigenvalue weighted by Gasteiger charge is -2.32. The molecule has 3 rings (SSSR count). The second-order valence-electron chi connectivity index (χ2n) is 6.51. The first-order valence-corrected chi connectivity index (χ1v) is 9.33. The maximum Gasteiger partial charge on any atom is 0.254 e. The molecule has 1 fully saturated rings. The van der Waals surface area contributed by atoms with Crippen LogP contribution < -0.4 is 10.5 Å². The van der Waals surface area contributed by atoms with Gasteiger partial charge < -0.3 is 9.80 Å². The molecule has 1 atom stereocenters. The van der Waals surface area contributed by atoms with Crippen molar-refractivity contribution < 1.29 is 14.5 Å². The second kappa shape index (κ2) is 7.97. The van der Waals surface area contributed by atoms with Crippen LogP contribution in [0, 0.1) is 0 Å². The topological polar surface area (TPSA) is 63.8 Å². The van der Waals surface area contributed by atoms with E-state index in [0.717, 1.165) is 17.6 Å². The third-order valence-electron chi connectivity index (χ3n) is 4.65. The summed E-state index contributed by atoms with van der Waals surface area (Å²) in [5.74, 6) is -0.702. The lowest BCUT2D eigenvalue weighted by Crippen LogP contribution is -3.12. The molecular formula is C19H21BrN3O3+. The largest absolute Gasteiger partial charge is 0.334 e. The van der Waals surface area contributed by atoms with Gasteiger partial charge in [-0.25, -0.2) is 0 Å². The average Bonchev–Trinajstić information content (AvgIpc) is 2.64. The minimum atomic E-state index is -1.18. The maximum absolute atomic E-state index is 13.2. The zero-order chi connectivity index (χ0) is 18.7. The third-order valence-corrected chi connectivity index (χ3v) is 5.14. The maximum atomic E-state index is 13.2. The Morgan fingerprint density at radius 1 is 1.12 bits per heavy atom. The molecule has 1 saturated heterocycles. The van der Waals surface area contributed by atoms with Gasteiger partial charge in [0.2, 0.25) is 0 Å². The summed E-state index contributed by atoms with van der Waals surface area (Å²) in [4.78, 5) is 41.7. The molecule has 2 heterocycles. The molecule has 6 nitrogen and oxygen atoms in total. The number of halogens is 1. The molecular weight excluding hydrogens is 398 g/mol. The zero-order valence-corrected chi connectivity index (χ0v) is 16.1. The van der Waals surface area contributed by atoms with Crippen LogP contribution in [0.1, 0.15) is 16.4 Å². The first-order chi connectivity index (χ1) is 12.5. The summed E-state index contributed by atoms with van der Waals surface area (Å²) < 4.78 is 1.98. The van der Waals surface area contributed by atoms with E-state index in [1.165, 1.54) is 21.7 Å². The van der Waals surface area contributed by atoms with Gasteiger partial charge in [-0.05, 0) is 18.2 Å².